The number of likely N-dealkylation sites (tertiary alicyclic amines) is 1. The van der Waals surface area contributed by atoms with Gasteiger partial charge in [0.2, 0.25) is 0 Å². The van der Waals surface area contributed by atoms with E-state index >= 15 is 0 Å². The molecule has 1 heterocycles. The highest BCUT2D eigenvalue weighted by molar-refractivity contribution is 5.48. The van der Waals surface area contributed by atoms with Crippen LogP contribution < -0.4 is 4.90 Å². The van der Waals surface area contributed by atoms with Gasteiger partial charge in [-0.05, 0) is 50.8 Å². The van der Waals surface area contributed by atoms with E-state index in [4.69, 9.17) is 0 Å². The average Bonchev–Trinajstić information content (AvgIpc) is 2.64. The second kappa shape index (κ2) is 7.76. The van der Waals surface area contributed by atoms with E-state index in [1.807, 2.05) is 0 Å². The molecule has 0 bridgehead atoms. The van der Waals surface area contributed by atoms with Crippen molar-refractivity contribution < 1.29 is 5.11 Å². The number of hydrogen-bond donors (Lipinski definition) is 1. The van der Waals surface area contributed by atoms with Gasteiger partial charge in [0.15, 0.2) is 0 Å². The minimum Gasteiger partial charge on any atom is -0.389 e. The van der Waals surface area contributed by atoms with Crippen molar-refractivity contribution in [3.05, 3.63) is 29.8 Å². The molecule has 1 aliphatic carbocycles. The summed E-state index contributed by atoms with van der Waals surface area (Å²) in [6, 6.07) is 11.3. The summed E-state index contributed by atoms with van der Waals surface area (Å²) >= 11 is 0. The SMILES string of the molecule is CCN(CC)c1ccc([C@@H]2[C@H]3CCCC[C@]3(O)CCN2CC#N)cc1. The number of benzene rings is 1. The molecule has 2 fully saturated rings. The zero-order valence-electron chi connectivity index (χ0n) is 15.6. The van der Waals surface area contributed by atoms with Gasteiger partial charge in [-0.3, -0.25) is 4.90 Å². The summed E-state index contributed by atoms with van der Waals surface area (Å²) in [7, 11) is 0. The fraction of sp³-hybridized carbons (Fsp3) is 0.667. The van der Waals surface area contributed by atoms with Gasteiger partial charge in [0.1, 0.15) is 0 Å². The largest absolute Gasteiger partial charge is 0.389 e. The Bertz CT molecular complexity index is 605. The number of piperidine rings is 1. The van der Waals surface area contributed by atoms with Crippen molar-refractivity contribution in [1.29, 1.82) is 5.26 Å². The monoisotopic (exact) mass is 341 g/mol. The van der Waals surface area contributed by atoms with Crippen molar-refractivity contribution in [2.24, 2.45) is 5.92 Å². The fourth-order valence-corrected chi connectivity index (χ4v) is 4.92. The van der Waals surface area contributed by atoms with Crippen molar-refractivity contribution in [1.82, 2.24) is 4.90 Å². The standard InChI is InChI=1S/C21H31N3O/c1-3-23(4-2)18-10-8-17(9-11-18)20-19-7-5-6-12-21(19,25)13-15-24(20)16-14-22/h8-11,19-20,25H,3-7,12-13,15-16H2,1-2H3/t19-,20-,21+/m1/s1. The molecule has 3 atom stereocenters. The van der Waals surface area contributed by atoms with E-state index in [-0.39, 0.29) is 12.0 Å². The van der Waals surface area contributed by atoms with E-state index in [1.165, 1.54) is 17.7 Å². The predicted molar refractivity (Wildman–Crippen MR) is 101 cm³/mol. The zero-order chi connectivity index (χ0) is 17.9. The molecule has 4 nitrogen and oxygen atoms in total. The Hall–Kier alpha value is -1.57. The molecule has 1 aromatic carbocycles. The third kappa shape index (κ3) is 3.54. The van der Waals surface area contributed by atoms with Crippen LogP contribution >= 0.6 is 0 Å². The summed E-state index contributed by atoms with van der Waals surface area (Å²) < 4.78 is 0. The highest BCUT2D eigenvalue weighted by atomic mass is 16.3. The number of rotatable bonds is 5. The Morgan fingerprint density at radius 3 is 2.56 bits per heavy atom. The number of aliphatic hydroxyl groups is 1. The van der Waals surface area contributed by atoms with E-state index in [2.05, 4.69) is 54.0 Å². The molecule has 1 saturated carbocycles. The van der Waals surface area contributed by atoms with Crippen LogP contribution in [-0.2, 0) is 0 Å². The maximum atomic E-state index is 11.2. The van der Waals surface area contributed by atoms with Crippen molar-refractivity contribution in [2.75, 3.05) is 31.1 Å². The van der Waals surface area contributed by atoms with Gasteiger partial charge in [0, 0.05) is 37.3 Å². The topological polar surface area (TPSA) is 50.5 Å². The molecule has 1 saturated heterocycles. The third-order valence-corrected chi connectivity index (χ3v) is 6.31. The lowest BCUT2D eigenvalue weighted by molar-refractivity contribution is -0.121. The van der Waals surface area contributed by atoms with Crippen LogP contribution in [-0.4, -0.2) is 41.8 Å². The van der Waals surface area contributed by atoms with Crippen LogP contribution in [0.15, 0.2) is 24.3 Å². The quantitative estimate of drug-likeness (QED) is 0.829. The number of nitriles is 1. The van der Waals surface area contributed by atoms with Crippen LogP contribution in [0.2, 0.25) is 0 Å². The summed E-state index contributed by atoms with van der Waals surface area (Å²) in [5.74, 6) is 0.239. The Labute approximate surface area is 152 Å². The van der Waals surface area contributed by atoms with Gasteiger partial charge in [-0.2, -0.15) is 5.26 Å². The first-order valence-electron chi connectivity index (χ1n) is 9.81. The van der Waals surface area contributed by atoms with Gasteiger partial charge >= 0.3 is 0 Å². The van der Waals surface area contributed by atoms with Crippen molar-refractivity contribution in [2.45, 2.75) is 57.6 Å². The van der Waals surface area contributed by atoms with Crippen LogP contribution in [0.3, 0.4) is 0 Å². The highest BCUT2D eigenvalue weighted by Gasteiger charge is 2.48. The van der Waals surface area contributed by atoms with E-state index in [0.29, 0.717) is 6.54 Å². The molecule has 1 aliphatic heterocycles. The molecule has 0 spiro atoms. The van der Waals surface area contributed by atoms with E-state index in [9.17, 15) is 10.4 Å². The molecular weight excluding hydrogens is 310 g/mol. The Balaban J connectivity index is 1.91. The van der Waals surface area contributed by atoms with E-state index < -0.39 is 5.60 Å². The van der Waals surface area contributed by atoms with Crippen LogP contribution in [0.4, 0.5) is 5.69 Å². The number of hydrogen-bond acceptors (Lipinski definition) is 4. The van der Waals surface area contributed by atoms with Gasteiger partial charge < -0.3 is 10.0 Å². The molecule has 4 heteroatoms. The Kier molecular flexibility index (Phi) is 5.66. The Morgan fingerprint density at radius 2 is 1.92 bits per heavy atom. The summed E-state index contributed by atoms with van der Waals surface area (Å²) in [4.78, 5) is 4.62. The molecule has 25 heavy (non-hydrogen) atoms. The predicted octanol–water partition coefficient (Wildman–Crippen LogP) is 3.72. The lowest BCUT2D eigenvalue weighted by atomic mass is 9.66. The Morgan fingerprint density at radius 1 is 1.20 bits per heavy atom. The first kappa shape index (κ1) is 18.2. The van der Waals surface area contributed by atoms with Gasteiger partial charge in [-0.1, -0.05) is 25.0 Å². The van der Waals surface area contributed by atoms with Gasteiger partial charge in [0.25, 0.3) is 0 Å². The lowest BCUT2D eigenvalue weighted by Crippen LogP contribution is -2.54. The molecular formula is C21H31N3O. The molecule has 0 aromatic heterocycles. The number of nitrogens with zero attached hydrogens (tertiary/aromatic N) is 3. The van der Waals surface area contributed by atoms with E-state index in [0.717, 1.165) is 45.3 Å². The van der Waals surface area contributed by atoms with Crippen LogP contribution in [0.1, 0.15) is 57.6 Å². The fourth-order valence-electron chi connectivity index (χ4n) is 4.92. The zero-order valence-corrected chi connectivity index (χ0v) is 15.6. The second-order valence-electron chi connectivity index (χ2n) is 7.54. The van der Waals surface area contributed by atoms with Gasteiger partial charge in [0.05, 0.1) is 18.2 Å². The van der Waals surface area contributed by atoms with Crippen LogP contribution in [0, 0.1) is 17.2 Å². The molecule has 0 unspecified atom stereocenters. The minimum atomic E-state index is -0.549. The van der Waals surface area contributed by atoms with Gasteiger partial charge in [-0.25, -0.2) is 0 Å². The second-order valence-corrected chi connectivity index (χ2v) is 7.54. The molecule has 1 N–H and O–H groups in total. The summed E-state index contributed by atoms with van der Waals surface area (Å²) in [5.41, 5.74) is 1.94. The smallest absolute Gasteiger partial charge is 0.0871 e. The van der Waals surface area contributed by atoms with Gasteiger partial charge in [-0.15, -0.1) is 0 Å². The maximum Gasteiger partial charge on any atom is 0.0871 e. The van der Waals surface area contributed by atoms with Crippen molar-refractivity contribution in [3.8, 4) is 6.07 Å². The average molecular weight is 341 g/mol. The lowest BCUT2D eigenvalue weighted by Gasteiger charge is -2.52. The summed E-state index contributed by atoms with van der Waals surface area (Å²) in [5, 5.41) is 20.5. The number of fused-ring (bicyclic) bond motifs is 1. The summed E-state index contributed by atoms with van der Waals surface area (Å²) in [6.45, 7) is 7.60. The first-order chi connectivity index (χ1) is 12.1. The molecule has 2 aliphatic rings. The molecule has 1 aromatic rings. The third-order valence-electron chi connectivity index (χ3n) is 6.31. The molecule has 3 rings (SSSR count). The minimum absolute atomic E-state index is 0.157. The van der Waals surface area contributed by atoms with E-state index in [1.54, 1.807) is 0 Å². The maximum absolute atomic E-state index is 11.2. The number of anilines is 1. The molecule has 0 amide bonds. The van der Waals surface area contributed by atoms with Crippen LogP contribution in [0.5, 0.6) is 0 Å². The summed E-state index contributed by atoms with van der Waals surface area (Å²) in [6.07, 6.45) is 5.07. The first-order valence-corrected chi connectivity index (χ1v) is 9.81. The highest BCUT2D eigenvalue weighted by Crippen LogP contribution is 2.49. The van der Waals surface area contributed by atoms with Crippen LogP contribution in [0.25, 0.3) is 0 Å². The van der Waals surface area contributed by atoms with Crippen molar-refractivity contribution >= 4 is 5.69 Å². The normalized spacial score (nSPS) is 29.7. The molecule has 0 radical (unpaired) electrons. The molecule has 136 valence electrons. The van der Waals surface area contributed by atoms with Crippen molar-refractivity contribution in [3.63, 3.8) is 0 Å².